The first-order chi connectivity index (χ1) is 9.93. The van der Waals surface area contributed by atoms with Gasteiger partial charge in [-0.1, -0.05) is 0 Å². The number of rotatable bonds is 2. The summed E-state index contributed by atoms with van der Waals surface area (Å²) < 4.78 is 5.75. The Morgan fingerprint density at radius 2 is 2.10 bits per heavy atom. The second-order valence-electron chi connectivity index (χ2n) is 6.25. The molecule has 0 aromatic rings. The van der Waals surface area contributed by atoms with Gasteiger partial charge in [0.1, 0.15) is 0 Å². The summed E-state index contributed by atoms with van der Waals surface area (Å²) in [4.78, 5) is 2.72. The summed E-state index contributed by atoms with van der Waals surface area (Å²) in [5.74, 6) is 2.07. The van der Waals surface area contributed by atoms with E-state index in [2.05, 4.69) is 27.3 Å². The van der Waals surface area contributed by atoms with Crippen molar-refractivity contribution in [2.24, 2.45) is 5.92 Å². The van der Waals surface area contributed by atoms with Crippen molar-refractivity contribution in [2.75, 3.05) is 51.7 Å². The average molecular weight is 299 g/mol. The second kappa shape index (κ2) is 7.99. The first-order valence-electron chi connectivity index (χ1n) is 8.31. The van der Waals surface area contributed by atoms with Crippen LogP contribution < -0.4 is 10.6 Å². The Labute approximate surface area is 127 Å². The number of likely N-dealkylation sites (tertiary alicyclic amines) is 1. The molecule has 0 aliphatic carbocycles. The molecule has 4 nitrogen and oxygen atoms in total. The zero-order chi connectivity index (χ0) is 13.6. The van der Waals surface area contributed by atoms with Gasteiger partial charge in [0, 0.05) is 31.5 Å². The highest BCUT2D eigenvalue weighted by Gasteiger charge is 2.28. The Hall–Kier alpha value is 0.190. The van der Waals surface area contributed by atoms with Crippen LogP contribution in [-0.2, 0) is 4.74 Å². The lowest BCUT2D eigenvalue weighted by molar-refractivity contribution is 0.111. The van der Waals surface area contributed by atoms with Gasteiger partial charge in [0.2, 0.25) is 0 Å². The molecule has 3 unspecified atom stereocenters. The van der Waals surface area contributed by atoms with E-state index in [0.29, 0.717) is 11.4 Å². The maximum absolute atomic E-state index is 5.75. The van der Waals surface area contributed by atoms with Gasteiger partial charge in [-0.3, -0.25) is 4.90 Å². The van der Waals surface area contributed by atoms with Crippen LogP contribution in [0.4, 0.5) is 0 Å². The Morgan fingerprint density at radius 1 is 1.10 bits per heavy atom. The molecule has 0 radical (unpaired) electrons. The summed E-state index contributed by atoms with van der Waals surface area (Å²) in [6.07, 6.45) is 5.21. The van der Waals surface area contributed by atoms with Crippen molar-refractivity contribution in [3.05, 3.63) is 0 Å². The standard InChI is InChI=1S/C15H29N3OS/c1-3-13(14-12-19-9-2-5-17-14)4-8-18(7-1)15-11-16-6-10-20-15/h13-17H,1-12H2. The first-order valence-corrected chi connectivity index (χ1v) is 9.36. The third kappa shape index (κ3) is 4.10. The molecular formula is C15H29N3OS. The molecule has 0 bridgehead atoms. The summed E-state index contributed by atoms with van der Waals surface area (Å²) in [6, 6.07) is 0.592. The fraction of sp³-hybridized carbons (Fsp3) is 1.00. The fourth-order valence-electron chi connectivity index (χ4n) is 3.65. The third-order valence-corrected chi connectivity index (χ3v) is 6.15. The summed E-state index contributed by atoms with van der Waals surface area (Å²) in [5, 5.41) is 7.96. The van der Waals surface area contributed by atoms with Crippen LogP contribution >= 0.6 is 11.8 Å². The normalized spacial score (nSPS) is 38.1. The second-order valence-corrected chi connectivity index (χ2v) is 7.53. The van der Waals surface area contributed by atoms with E-state index in [1.807, 2.05) is 0 Å². The number of thioether (sulfide) groups is 1. The predicted molar refractivity (Wildman–Crippen MR) is 85.3 cm³/mol. The molecule has 0 spiro atoms. The Balaban J connectivity index is 1.50. The highest BCUT2D eigenvalue weighted by molar-refractivity contribution is 7.99. The van der Waals surface area contributed by atoms with Gasteiger partial charge >= 0.3 is 0 Å². The molecule has 3 heterocycles. The molecule has 3 rings (SSSR count). The molecule has 3 aliphatic heterocycles. The minimum Gasteiger partial charge on any atom is -0.380 e. The monoisotopic (exact) mass is 299 g/mol. The molecule has 0 amide bonds. The maximum atomic E-state index is 5.75. The predicted octanol–water partition coefficient (Wildman–Crippen LogP) is 1.13. The Morgan fingerprint density at radius 3 is 3.00 bits per heavy atom. The summed E-state index contributed by atoms with van der Waals surface area (Å²) in [7, 11) is 0. The molecule has 0 saturated carbocycles. The van der Waals surface area contributed by atoms with E-state index in [1.54, 1.807) is 0 Å². The van der Waals surface area contributed by atoms with Crippen molar-refractivity contribution in [1.29, 1.82) is 0 Å². The van der Waals surface area contributed by atoms with Crippen molar-refractivity contribution in [2.45, 2.75) is 37.1 Å². The number of hydrogen-bond donors (Lipinski definition) is 2. The van der Waals surface area contributed by atoms with E-state index in [4.69, 9.17) is 4.74 Å². The van der Waals surface area contributed by atoms with Crippen LogP contribution in [0.5, 0.6) is 0 Å². The topological polar surface area (TPSA) is 36.5 Å². The lowest BCUT2D eigenvalue weighted by Gasteiger charge is -2.33. The van der Waals surface area contributed by atoms with Gasteiger partial charge in [0.25, 0.3) is 0 Å². The molecule has 3 saturated heterocycles. The zero-order valence-corrected chi connectivity index (χ0v) is 13.3. The highest BCUT2D eigenvalue weighted by atomic mass is 32.2. The van der Waals surface area contributed by atoms with Gasteiger partial charge < -0.3 is 15.4 Å². The van der Waals surface area contributed by atoms with Crippen LogP contribution in [0.2, 0.25) is 0 Å². The van der Waals surface area contributed by atoms with Crippen molar-refractivity contribution in [3.8, 4) is 0 Å². The number of nitrogens with one attached hydrogen (secondary N) is 2. The molecule has 20 heavy (non-hydrogen) atoms. The highest BCUT2D eigenvalue weighted by Crippen LogP contribution is 2.26. The Kier molecular flexibility index (Phi) is 6.03. The van der Waals surface area contributed by atoms with Gasteiger partial charge in [-0.2, -0.15) is 0 Å². The van der Waals surface area contributed by atoms with Crippen LogP contribution in [0, 0.1) is 5.92 Å². The van der Waals surface area contributed by atoms with Crippen LogP contribution in [-0.4, -0.2) is 68.0 Å². The molecule has 116 valence electrons. The van der Waals surface area contributed by atoms with Gasteiger partial charge in [-0.05, 0) is 51.2 Å². The van der Waals surface area contributed by atoms with Gasteiger partial charge in [-0.25, -0.2) is 0 Å². The average Bonchev–Trinajstić information content (AvgIpc) is 2.91. The molecule has 3 fully saturated rings. The van der Waals surface area contributed by atoms with Crippen LogP contribution in [0.3, 0.4) is 0 Å². The lowest BCUT2D eigenvalue weighted by atomic mass is 9.92. The van der Waals surface area contributed by atoms with Crippen molar-refractivity contribution >= 4 is 11.8 Å². The van der Waals surface area contributed by atoms with Crippen LogP contribution in [0.15, 0.2) is 0 Å². The van der Waals surface area contributed by atoms with E-state index < -0.39 is 0 Å². The van der Waals surface area contributed by atoms with Gasteiger partial charge in [0.05, 0.1) is 12.0 Å². The molecule has 5 heteroatoms. The van der Waals surface area contributed by atoms with Gasteiger partial charge in [-0.15, -0.1) is 11.8 Å². The van der Waals surface area contributed by atoms with Crippen molar-refractivity contribution in [1.82, 2.24) is 15.5 Å². The molecule has 0 aromatic carbocycles. The Bertz CT molecular complexity index is 278. The molecule has 2 N–H and O–H groups in total. The minimum absolute atomic E-state index is 0.592. The first kappa shape index (κ1) is 15.1. The van der Waals surface area contributed by atoms with Crippen molar-refractivity contribution < 1.29 is 4.74 Å². The van der Waals surface area contributed by atoms with Gasteiger partial charge in [0.15, 0.2) is 0 Å². The summed E-state index contributed by atoms with van der Waals surface area (Å²) in [6.45, 7) is 7.89. The molecule has 3 aliphatic rings. The van der Waals surface area contributed by atoms with E-state index in [1.165, 1.54) is 57.6 Å². The summed E-state index contributed by atoms with van der Waals surface area (Å²) in [5.41, 5.74) is 0. The van der Waals surface area contributed by atoms with E-state index in [-0.39, 0.29) is 0 Å². The third-order valence-electron chi connectivity index (χ3n) is 4.86. The van der Waals surface area contributed by atoms with E-state index >= 15 is 0 Å². The molecule has 0 aromatic heterocycles. The largest absolute Gasteiger partial charge is 0.380 e. The van der Waals surface area contributed by atoms with E-state index in [9.17, 15) is 0 Å². The van der Waals surface area contributed by atoms with Crippen LogP contribution in [0.25, 0.3) is 0 Å². The minimum atomic E-state index is 0.592. The van der Waals surface area contributed by atoms with Crippen LogP contribution in [0.1, 0.15) is 25.7 Å². The van der Waals surface area contributed by atoms with E-state index in [0.717, 1.165) is 25.7 Å². The smallest absolute Gasteiger partial charge is 0.0684 e. The van der Waals surface area contributed by atoms with Crippen molar-refractivity contribution in [3.63, 3.8) is 0 Å². The molecule has 3 atom stereocenters. The number of hydrogen-bond acceptors (Lipinski definition) is 5. The zero-order valence-electron chi connectivity index (χ0n) is 12.5. The maximum Gasteiger partial charge on any atom is 0.0684 e. The number of ether oxygens (including phenoxy) is 1. The fourth-order valence-corrected chi connectivity index (χ4v) is 4.85. The quantitative estimate of drug-likeness (QED) is 0.799. The molecular weight excluding hydrogens is 270 g/mol. The summed E-state index contributed by atoms with van der Waals surface area (Å²) >= 11 is 2.14. The SMILES string of the molecule is C1CNC(C2CCCN(C3CNCCS3)CC2)COC1. The number of nitrogens with zero attached hydrogens (tertiary/aromatic N) is 1. The lowest BCUT2D eigenvalue weighted by Crippen LogP contribution is -2.45.